The van der Waals surface area contributed by atoms with Crippen molar-refractivity contribution < 1.29 is 0 Å². The number of fused-ring (bicyclic) bond motifs is 1. The Labute approximate surface area is 99.3 Å². The molecule has 1 aliphatic rings. The number of nitrogens with one attached hydrogen (secondary N) is 1. The smallest absolute Gasteiger partial charge is 0.00523 e. The lowest BCUT2D eigenvalue weighted by molar-refractivity contribution is 0.370. The molecule has 0 radical (unpaired) electrons. The Morgan fingerprint density at radius 1 is 1.31 bits per heavy atom. The molecule has 0 aliphatic heterocycles. The summed E-state index contributed by atoms with van der Waals surface area (Å²) in [6, 6.07) is 8.97. The van der Waals surface area contributed by atoms with Gasteiger partial charge in [-0.05, 0) is 43.4 Å². The van der Waals surface area contributed by atoms with Crippen molar-refractivity contribution in [3.05, 3.63) is 35.4 Å². The highest BCUT2D eigenvalue weighted by Gasteiger charge is 2.30. The van der Waals surface area contributed by atoms with Crippen molar-refractivity contribution in [2.45, 2.75) is 44.9 Å². The molecule has 0 amide bonds. The predicted molar refractivity (Wildman–Crippen MR) is 69.9 cm³/mol. The summed E-state index contributed by atoms with van der Waals surface area (Å²) in [7, 11) is 0. The van der Waals surface area contributed by atoms with Crippen molar-refractivity contribution in [2.75, 3.05) is 13.1 Å². The minimum atomic E-state index is 0.351. The average Bonchev–Trinajstić information content (AvgIpc) is 2.30. The highest BCUT2D eigenvalue weighted by atomic mass is 14.9. The molecule has 88 valence electrons. The molecular formula is C15H23N. The van der Waals surface area contributed by atoms with E-state index >= 15 is 0 Å². The standard InChI is InChI=1S/C15H23N/c1-3-11-16-12-15(2)10-6-8-13-7-4-5-9-14(13)15/h4-5,7,9,16H,3,6,8,10-12H2,1-2H3. The van der Waals surface area contributed by atoms with Crippen LogP contribution in [0.5, 0.6) is 0 Å². The van der Waals surface area contributed by atoms with E-state index in [2.05, 4.69) is 43.4 Å². The summed E-state index contributed by atoms with van der Waals surface area (Å²) in [4.78, 5) is 0. The molecule has 0 heterocycles. The van der Waals surface area contributed by atoms with E-state index in [9.17, 15) is 0 Å². The number of hydrogen-bond acceptors (Lipinski definition) is 1. The van der Waals surface area contributed by atoms with Crippen LogP contribution in [0.2, 0.25) is 0 Å². The first-order valence-corrected chi connectivity index (χ1v) is 6.55. The second kappa shape index (κ2) is 5.01. The van der Waals surface area contributed by atoms with Gasteiger partial charge in [0.05, 0.1) is 0 Å². The van der Waals surface area contributed by atoms with Gasteiger partial charge in [-0.1, -0.05) is 38.1 Å². The Morgan fingerprint density at radius 3 is 2.94 bits per heavy atom. The third kappa shape index (κ3) is 2.30. The lowest BCUT2D eigenvalue weighted by Crippen LogP contribution is -2.38. The molecular weight excluding hydrogens is 194 g/mol. The minimum absolute atomic E-state index is 0.351. The Morgan fingerprint density at radius 2 is 2.12 bits per heavy atom. The van der Waals surface area contributed by atoms with Crippen LogP contribution in [0.15, 0.2) is 24.3 Å². The first kappa shape index (κ1) is 11.7. The first-order chi connectivity index (χ1) is 7.76. The Kier molecular flexibility index (Phi) is 3.65. The van der Waals surface area contributed by atoms with Crippen molar-refractivity contribution in [1.82, 2.24) is 5.32 Å². The summed E-state index contributed by atoms with van der Waals surface area (Å²) in [6.45, 7) is 6.90. The number of rotatable bonds is 4. The molecule has 0 fully saturated rings. The normalized spacial score (nSPS) is 24.1. The molecule has 0 saturated heterocycles. The van der Waals surface area contributed by atoms with E-state index in [0.717, 1.165) is 13.1 Å². The number of hydrogen-bond donors (Lipinski definition) is 1. The molecule has 1 N–H and O–H groups in total. The molecule has 0 spiro atoms. The van der Waals surface area contributed by atoms with Crippen molar-refractivity contribution in [3.8, 4) is 0 Å². The van der Waals surface area contributed by atoms with Crippen LogP contribution in [0, 0.1) is 0 Å². The van der Waals surface area contributed by atoms with Crippen LogP contribution >= 0.6 is 0 Å². The third-order valence-electron chi connectivity index (χ3n) is 3.78. The fraction of sp³-hybridized carbons (Fsp3) is 0.600. The van der Waals surface area contributed by atoms with E-state index < -0.39 is 0 Å². The van der Waals surface area contributed by atoms with E-state index in [4.69, 9.17) is 0 Å². The van der Waals surface area contributed by atoms with Gasteiger partial charge in [0.25, 0.3) is 0 Å². The monoisotopic (exact) mass is 217 g/mol. The second-order valence-electron chi connectivity index (χ2n) is 5.25. The van der Waals surface area contributed by atoms with Crippen LogP contribution in [-0.2, 0) is 11.8 Å². The average molecular weight is 217 g/mol. The molecule has 0 aromatic heterocycles. The highest BCUT2D eigenvalue weighted by molar-refractivity contribution is 5.36. The zero-order chi connectivity index (χ0) is 11.4. The Balaban J connectivity index is 2.16. The molecule has 1 atom stereocenters. The maximum atomic E-state index is 3.59. The third-order valence-corrected chi connectivity index (χ3v) is 3.78. The van der Waals surface area contributed by atoms with Gasteiger partial charge in [0, 0.05) is 12.0 Å². The Bertz CT molecular complexity index is 345. The second-order valence-corrected chi connectivity index (χ2v) is 5.25. The van der Waals surface area contributed by atoms with Crippen LogP contribution in [0.25, 0.3) is 0 Å². The van der Waals surface area contributed by atoms with Gasteiger partial charge in [-0.2, -0.15) is 0 Å². The quantitative estimate of drug-likeness (QED) is 0.763. The van der Waals surface area contributed by atoms with Crippen molar-refractivity contribution in [3.63, 3.8) is 0 Å². The van der Waals surface area contributed by atoms with Gasteiger partial charge in [-0.3, -0.25) is 0 Å². The van der Waals surface area contributed by atoms with Crippen molar-refractivity contribution >= 4 is 0 Å². The predicted octanol–water partition coefficient (Wildman–Crippen LogP) is 3.28. The van der Waals surface area contributed by atoms with Crippen molar-refractivity contribution in [2.24, 2.45) is 0 Å². The van der Waals surface area contributed by atoms with Gasteiger partial charge in [0.1, 0.15) is 0 Å². The van der Waals surface area contributed by atoms with E-state index in [1.807, 2.05) is 0 Å². The molecule has 1 aromatic carbocycles. The molecule has 1 nitrogen and oxygen atoms in total. The molecule has 1 heteroatoms. The summed E-state index contributed by atoms with van der Waals surface area (Å²) in [5, 5.41) is 3.59. The number of aryl methyl sites for hydroxylation is 1. The topological polar surface area (TPSA) is 12.0 Å². The molecule has 0 saturated carbocycles. The highest BCUT2D eigenvalue weighted by Crippen LogP contribution is 2.36. The fourth-order valence-corrected chi connectivity index (χ4v) is 2.86. The van der Waals surface area contributed by atoms with Gasteiger partial charge >= 0.3 is 0 Å². The lowest BCUT2D eigenvalue weighted by atomic mass is 9.71. The summed E-state index contributed by atoms with van der Waals surface area (Å²) >= 11 is 0. The minimum Gasteiger partial charge on any atom is -0.316 e. The number of benzene rings is 1. The maximum Gasteiger partial charge on any atom is 0.00523 e. The van der Waals surface area contributed by atoms with Gasteiger partial charge in [-0.15, -0.1) is 0 Å². The molecule has 2 rings (SSSR count). The van der Waals surface area contributed by atoms with Crippen molar-refractivity contribution in [1.29, 1.82) is 0 Å². The van der Waals surface area contributed by atoms with E-state index in [1.165, 1.54) is 25.7 Å². The zero-order valence-corrected chi connectivity index (χ0v) is 10.6. The zero-order valence-electron chi connectivity index (χ0n) is 10.6. The summed E-state index contributed by atoms with van der Waals surface area (Å²) in [6.07, 6.45) is 5.14. The molecule has 1 aliphatic carbocycles. The van der Waals surface area contributed by atoms with Gasteiger partial charge in [0.15, 0.2) is 0 Å². The molecule has 0 bridgehead atoms. The fourth-order valence-electron chi connectivity index (χ4n) is 2.86. The lowest BCUT2D eigenvalue weighted by Gasteiger charge is -2.36. The summed E-state index contributed by atoms with van der Waals surface area (Å²) in [5.41, 5.74) is 3.49. The first-order valence-electron chi connectivity index (χ1n) is 6.55. The van der Waals surface area contributed by atoms with E-state index in [-0.39, 0.29) is 0 Å². The SMILES string of the molecule is CCCNCC1(C)CCCc2ccccc21. The molecule has 16 heavy (non-hydrogen) atoms. The summed E-state index contributed by atoms with van der Waals surface area (Å²) < 4.78 is 0. The van der Waals surface area contributed by atoms with Gasteiger partial charge in [-0.25, -0.2) is 0 Å². The van der Waals surface area contributed by atoms with E-state index in [1.54, 1.807) is 11.1 Å². The van der Waals surface area contributed by atoms with Gasteiger partial charge < -0.3 is 5.32 Å². The van der Waals surface area contributed by atoms with Crippen LogP contribution < -0.4 is 5.32 Å². The summed E-state index contributed by atoms with van der Waals surface area (Å²) in [5.74, 6) is 0. The molecule has 1 unspecified atom stereocenters. The maximum absolute atomic E-state index is 3.59. The van der Waals surface area contributed by atoms with Crippen LogP contribution in [-0.4, -0.2) is 13.1 Å². The largest absolute Gasteiger partial charge is 0.316 e. The van der Waals surface area contributed by atoms with Crippen LogP contribution in [0.4, 0.5) is 0 Å². The van der Waals surface area contributed by atoms with Crippen LogP contribution in [0.1, 0.15) is 44.2 Å². The molecule has 1 aromatic rings. The van der Waals surface area contributed by atoms with Crippen LogP contribution in [0.3, 0.4) is 0 Å². The Hall–Kier alpha value is -0.820. The van der Waals surface area contributed by atoms with E-state index in [0.29, 0.717) is 5.41 Å². The van der Waals surface area contributed by atoms with Gasteiger partial charge in [0.2, 0.25) is 0 Å².